The number of nitrogens with one attached hydrogen (secondary N) is 1. The van der Waals surface area contributed by atoms with Crippen molar-refractivity contribution in [1.82, 2.24) is 10.3 Å². The van der Waals surface area contributed by atoms with E-state index in [2.05, 4.69) is 10.3 Å². The lowest BCUT2D eigenvalue weighted by Crippen LogP contribution is -2.42. The van der Waals surface area contributed by atoms with Crippen molar-refractivity contribution in [2.75, 3.05) is 5.75 Å². The summed E-state index contributed by atoms with van der Waals surface area (Å²) >= 11 is 1.54. The molecule has 0 unspecified atom stereocenters. The lowest BCUT2D eigenvalue weighted by atomic mass is 9.96. The fourth-order valence-corrected chi connectivity index (χ4v) is 2.68. The average molecular weight is 300 g/mol. The van der Waals surface area contributed by atoms with Gasteiger partial charge in [-0.25, -0.2) is 0 Å². The third-order valence-electron chi connectivity index (χ3n) is 3.20. The zero-order valence-electron chi connectivity index (χ0n) is 12.6. The van der Waals surface area contributed by atoms with Gasteiger partial charge in [-0.05, 0) is 44.5 Å². The second kappa shape index (κ2) is 6.76. The van der Waals surface area contributed by atoms with E-state index in [4.69, 9.17) is 0 Å². The Bertz CT molecular complexity index is 594. The summed E-state index contributed by atoms with van der Waals surface area (Å²) in [6, 6.07) is 13.9. The molecule has 3 nitrogen and oxygen atoms in total. The van der Waals surface area contributed by atoms with Crippen LogP contribution < -0.4 is 5.32 Å². The van der Waals surface area contributed by atoms with E-state index in [-0.39, 0.29) is 5.91 Å². The van der Waals surface area contributed by atoms with Crippen LogP contribution in [-0.4, -0.2) is 16.6 Å². The first-order chi connectivity index (χ1) is 9.97. The molecule has 1 N–H and O–H groups in total. The number of benzene rings is 1. The van der Waals surface area contributed by atoms with E-state index in [0.29, 0.717) is 5.75 Å². The molecule has 0 radical (unpaired) electrons. The van der Waals surface area contributed by atoms with Crippen molar-refractivity contribution in [2.45, 2.75) is 31.2 Å². The Hall–Kier alpha value is -1.81. The number of carbonyl (C=O) groups is 1. The number of hydrogen-bond donors (Lipinski definition) is 1. The summed E-state index contributed by atoms with van der Waals surface area (Å²) in [5.41, 5.74) is 1.56. The van der Waals surface area contributed by atoms with Crippen molar-refractivity contribution in [3.8, 4) is 0 Å². The Morgan fingerprint density at radius 2 is 1.90 bits per heavy atom. The highest BCUT2D eigenvalue weighted by molar-refractivity contribution is 8.00. The van der Waals surface area contributed by atoms with E-state index in [1.807, 2.05) is 69.4 Å². The monoisotopic (exact) mass is 300 g/mol. The highest BCUT2D eigenvalue weighted by atomic mass is 32.2. The molecule has 0 aliphatic carbocycles. The van der Waals surface area contributed by atoms with Gasteiger partial charge in [0.1, 0.15) is 0 Å². The molecule has 2 rings (SSSR count). The maximum absolute atomic E-state index is 12.1. The lowest BCUT2D eigenvalue weighted by molar-refractivity contribution is -0.120. The number of carbonyl (C=O) groups excluding carboxylic acids is 1. The van der Waals surface area contributed by atoms with E-state index in [1.54, 1.807) is 0 Å². The minimum atomic E-state index is -0.422. The van der Waals surface area contributed by atoms with Crippen LogP contribution >= 0.6 is 11.8 Å². The molecule has 1 aromatic carbocycles. The molecule has 1 amide bonds. The predicted octanol–water partition coefficient (Wildman–Crippen LogP) is 3.53. The smallest absolute Gasteiger partial charge is 0.231 e. The van der Waals surface area contributed by atoms with Crippen LogP contribution in [0, 0.1) is 6.92 Å². The van der Waals surface area contributed by atoms with Crippen molar-refractivity contribution in [3.05, 3.63) is 59.9 Å². The molecule has 0 saturated carbocycles. The molecule has 1 heterocycles. The number of thioether (sulfide) groups is 1. The minimum absolute atomic E-state index is 0.0226. The van der Waals surface area contributed by atoms with Crippen LogP contribution in [0.3, 0.4) is 0 Å². The number of amides is 1. The van der Waals surface area contributed by atoms with Gasteiger partial charge in [0.05, 0.1) is 11.3 Å². The third-order valence-corrected chi connectivity index (χ3v) is 4.21. The Morgan fingerprint density at radius 1 is 1.19 bits per heavy atom. The molecule has 0 spiro atoms. The highest BCUT2D eigenvalue weighted by Crippen LogP contribution is 2.21. The summed E-state index contributed by atoms with van der Waals surface area (Å²) < 4.78 is 0. The second-order valence-electron chi connectivity index (χ2n) is 5.46. The van der Waals surface area contributed by atoms with Gasteiger partial charge in [-0.2, -0.15) is 0 Å². The van der Waals surface area contributed by atoms with Gasteiger partial charge in [0, 0.05) is 16.8 Å². The van der Waals surface area contributed by atoms with Gasteiger partial charge in [-0.3, -0.25) is 9.78 Å². The van der Waals surface area contributed by atoms with Crippen LogP contribution in [0.4, 0.5) is 0 Å². The summed E-state index contributed by atoms with van der Waals surface area (Å²) in [5.74, 6) is 0.432. The Balaban J connectivity index is 1.93. The minimum Gasteiger partial charge on any atom is -0.346 e. The van der Waals surface area contributed by atoms with Crippen LogP contribution in [-0.2, 0) is 10.3 Å². The molecule has 110 valence electrons. The molecule has 4 heteroatoms. The molecular formula is C17H20N2OS. The summed E-state index contributed by atoms with van der Waals surface area (Å²) in [7, 11) is 0. The standard InChI is InChI=1S/C17H20N2OS/c1-13-9-10-14(11-18-13)17(2,3)19-16(20)12-21-15-7-5-4-6-8-15/h4-11H,12H2,1-3H3,(H,19,20). The highest BCUT2D eigenvalue weighted by Gasteiger charge is 2.23. The summed E-state index contributed by atoms with van der Waals surface area (Å²) in [4.78, 5) is 17.5. The fraction of sp³-hybridized carbons (Fsp3) is 0.294. The van der Waals surface area contributed by atoms with E-state index in [9.17, 15) is 4.79 Å². The quantitative estimate of drug-likeness (QED) is 0.859. The van der Waals surface area contributed by atoms with E-state index in [1.165, 1.54) is 11.8 Å². The van der Waals surface area contributed by atoms with Crippen molar-refractivity contribution < 1.29 is 4.79 Å². The SMILES string of the molecule is Cc1ccc(C(C)(C)NC(=O)CSc2ccccc2)cn1. The number of rotatable bonds is 5. The van der Waals surface area contributed by atoms with Gasteiger partial charge in [0.15, 0.2) is 0 Å². The molecule has 0 atom stereocenters. The van der Waals surface area contributed by atoms with Gasteiger partial charge in [-0.1, -0.05) is 24.3 Å². The van der Waals surface area contributed by atoms with Crippen molar-refractivity contribution >= 4 is 17.7 Å². The molecule has 2 aromatic rings. The van der Waals surface area contributed by atoms with Crippen LogP contribution in [0.2, 0.25) is 0 Å². The maximum atomic E-state index is 12.1. The molecule has 1 aromatic heterocycles. The van der Waals surface area contributed by atoms with Crippen LogP contribution in [0.25, 0.3) is 0 Å². The van der Waals surface area contributed by atoms with E-state index >= 15 is 0 Å². The second-order valence-corrected chi connectivity index (χ2v) is 6.51. The molecule has 21 heavy (non-hydrogen) atoms. The lowest BCUT2D eigenvalue weighted by Gasteiger charge is -2.26. The number of aryl methyl sites for hydroxylation is 1. The van der Waals surface area contributed by atoms with Gasteiger partial charge in [-0.15, -0.1) is 11.8 Å². The van der Waals surface area contributed by atoms with Gasteiger partial charge >= 0.3 is 0 Å². The molecular weight excluding hydrogens is 280 g/mol. The van der Waals surface area contributed by atoms with Gasteiger partial charge in [0.25, 0.3) is 0 Å². The molecule has 0 bridgehead atoms. The van der Waals surface area contributed by atoms with E-state index in [0.717, 1.165) is 16.2 Å². The Morgan fingerprint density at radius 3 is 2.52 bits per heavy atom. The Labute approximate surface area is 130 Å². The fourth-order valence-electron chi connectivity index (χ4n) is 1.96. The first-order valence-corrected chi connectivity index (χ1v) is 7.88. The summed E-state index contributed by atoms with van der Waals surface area (Å²) in [6.07, 6.45) is 1.82. The summed E-state index contributed by atoms with van der Waals surface area (Å²) in [6.45, 7) is 5.93. The predicted molar refractivity (Wildman–Crippen MR) is 87.3 cm³/mol. The summed E-state index contributed by atoms with van der Waals surface area (Å²) in [5, 5.41) is 3.06. The molecule has 0 saturated heterocycles. The van der Waals surface area contributed by atoms with Crippen LogP contribution in [0.5, 0.6) is 0 Å². The maximum Gasteiger partial charge on any atom is 0.231 e. The van der Waals surface area contributed by atoms with E-state index < -0.39 is 5.54 Å². The van der Waals surface area contributed by atoms with Gasteiger partial charge < -0.3 is 5.32 Å². The van der Waals surface area contributed by atoms with Crippen molar-refractivity contribution in [1.29, 1.82) is 0 Å². The molecule has 0 aliphatic rings. The van der Waals surface area contributed by atoms with Crippen molar-refractivity contribution in [2.24, 2.45) is 0 Å². The van der Waals surface area contributed by atoms with Crippen molar-refractivity contribution in [3.63, 3.8) is 0 Å². The first-order valence-electron chi connectivity index (χ1n) is 6.89. The molecule has 0 aliphatic heterocycles. The number of hydrogen-bond acceptors (Lipinski definition) is 3. The topological polar surface area (TPSA) is 42.0 Å². The number of aromatic nitrogens is 1. The zero-order chi connectivity index (χ0) is 15.3. The van der Waals surface area contributed by atoms with Crippen LogP contribution in [0.15, 0.2) is 53.6 Å². The largest absolute Gasteiger partial charge is 0.346 e. The van der Waals surface area contributed by atoms with Gasteiger partial charge in [0.2, 0.25) is 5.91 Å². The number of pyridine rings is 1. The third kappa shape index (κ3) is 4.60. The Kier molecular flexibility index (Phi) is 5.02. The van der Waals surface area contributed by atoms with Crippen LogP contribution in [0.1, 0.15) is 25.1 Å². The molecule has 0 fully saturated rings. The first kappa shape index (κ1) is 15.6. The zero-order valence-corrected chi connectivity index (χ0v) is 13.4. The average Bonchev–Trinajstić information content (AvgIpc) is 2.46. The number of nitrogens with zero attached hydrogens (tertiary/aromatic N) is 1. The normalized spacial score (nSPS) is 11.2.